The monoisotopic (exact) mass is 179 g/mol. The first-order chi connectivity index (χ1) is 6.18. The van der Waals surface area contributed by atoms with Crippen molar-refractivity contribution in [3.63, 3.8) is 0 Å². The molecule has 3 unspecified atom stereocenters. The molecule has 1 fully saturated rings. The normalized spacial score (nSPS) is 28.8. The van der Waals surface area contributed by atoms with E-state index < -0.39 is 0 Å². The zero-order chi connectivity index (χ0) is 9.42. The molecule has 1 aromatic heterocycles. The van der Waals surface area contributed by atoms with Crippen LogP contribution in [0.5, 0.6) is 0 Å². The molecule has 2 N–H and O–H groups in total. The van der Waals surface area contributed by atoms with Crippen LogP contribution in [0.3, 0.4) is 0 Å². The van der Waals surface area contributed by atoms with E-state index in [0.29, 0.717) is 0 Å². The van der Waals surface area contributed by atoms with Crippen molar-refractivity contribution in [3.8, 4) is 0 Å². The van der Waals surface area contributed by atoms with E-state index in [1.807, 2.05) is 19.4 Å². The number of aromatic nitrogens is 2. The van der Waals surface area contributed by atoms with Gasteiger partial charge < -0.3 is 10.3 Å². The molecule has 0 bridgehead atoms. The average Bonchev–Trinajstić information content (AvgIpc) is 2.62. The van der Waals surface area contributed by atoms with E-state index in [2.05, 4.69) is 16.5 Å². The van der Waals surface area contributed by atoms with E-state index in [4.69, 9.17) is 5.73 Å². The van der Waals surface area contributed by atoms with Crippen molar-refractivity contribution >= 4 is 0 Å². The quantitative estimate of drug-likeness (QED) is 0.765. The molecule has 0 aliphatic heterocycles. The Morgan fingerprint density at radius 2 is 2.46 bits per heavy atom. The van der Waals surface area contributed by atoms with Crippen molar-refractivity contribution in [1.29, 1.82) is 0 Å². The molecule has 72 valence electrons. The van der Waals surface area contributed by atoms with E-state index in [1.54, 1.807) is 0 Å². The molecule has 3 nitrogen and oxygen atoms in total. The van der Waals surface area contributed by atoms with Gasteiger partial charge in [0.2, 0.25) is 0 Å². The molecule has 1 saturated carbocycles. The SMILES string of the molecule is CC(N)c1cncn1CC1CC1C. The summed E-state index contributed by atoms with van der Waals surface area (Å²) in [5.41, 5.74) is 6.98. The standard InChI is InChI=1S/C10H17N3/c1-7-3-9(7)5-13-6-12-4-10(13)8(2)11/h4,6-9H,3,5,11H2,1-2H3. The van der Waals surface area contributed by atoms with Crippen LogP contribution >= 0.6 is 0 Å². The van der Waals surface area contributed by atoms with Gasteiger partial charge in [0.25, 0.3) is 0 Å². The summed E-state index contributed by atoms with van der Waals surface area (Å²) in [4.78, 5) is 4.13. The fourth-order valence-electron chi connectivity index (χ4n) is 1.77. The topological polar surface area (TPSA) is 43.8 Å². The first kappa shape index (κ1) is 8.75. The largest absolute Gasteiger partial charge is 0.333 e. The maximum absolute atomic E-state index is 5.83. The van der Waals surface area contributed by atoms with Crippen molar-refractivity contribution in [2.45, 2.75) is 32.9 Å². The van der Waals surface area contributed by atoms with Crippen LogP contribution in [0.1, 0.15) is 32.0 Å². The van der Waals surface area contributed by atoms with Crippen molar-refractivity contribution in [2.75, 3.05) is 0 Å². The molecule has 1 heterocycles. The van der Waals surface area contributed by atoms with Crippen LogP contribution < -0.4 is 5.73 Å². The van der Waals surface area contributed by atoms with Gasteiger partial charge in [-0.3, -0.25) is 0 Å². The van der Waals surface area contributed by atoms with Gasteiger partial charge in [0, 0.05) is 18.8 Å². The van der Waals surface area contributed by atoms with Crippen LogP contribution in [0.4, 0.5) is 0 Å². The highest BCUT2D eigenvalue weighted by Gasteiger charge is 2.32. The van der Waals surface area contributed by atoms with Gasteiger partial charge in [0.05, 0.1) is 12.0 Å². The third-order valence-corrected chi connectivity index (χ3v) is 2.92. The molecule has 0 radical (unpaired) electrons. The molecule has 2 rings (SSSR count). The van der Waals surface area contributed by atoms with Gasteiger partial charge in [0.1, 0.15) is 0 Å². The molecule has 13 heavy (non-hydrogen) atoms. The van der Waals surface area contributed by atoms with Crippen LogP contribution in [0, 0.1) is 11.8 Å². The Bertz CT molecular complexity index is 290. The van der Waals surface area contributed by atoms with Crippen LogP contribution in [-0.2, 0) is 6.54 Å². The fourth-order valence-corrected chi connectivity index (χ4v) is 1.77. The van der Waals surface area contributed by atoms with Crippen LogP contribution in [-0.4, -0.2) is 9.55 Å². The van der Waals surface area contributed by atoms with Crippen LogP contribution in [0.2, 0.25) is 0 Å². The van der Waals surface area contributed by atoms with Gasteiger partial charge in [-0.15, -0.1) is 0 Å². The molecule has 0 saturated heterocycles. The molecule has 1 aromatic rings. The van der Waals surface area contributed by atoms with Gasteiger partial charge in [-0.2, -0.15) is 0 Å². The minimum atomic E-state index is 0.0940. The first-order valence-electron chi connectivity index (χ1n) is 4.94. The van der Waals surface area contributed by atoms with Crippen LogP contribution in [0.15, 0.2) is 12.5 Å². The molecular formula is C10H17N3. The third-order valence-electron chi connectivity index (χ3n) is 2.92. The minimum absolute atomic E-state index is 0.0940. The lowest BCUT2D eigenvalue weighted by atomic mass is 10.2. The highest BCUT2D eigenvalue weighted by Crippen LogP contribution is 2.39. The lowest BCUT2D eigenvalue weighted by Gasteiger charge is -2.09. The van der Waals surface area contributed by atoms with E-state index in [-0.39, 0.29) is 6.04 Å². The first-order valence-corrected chi connectivity index (χ1v) is 4.94. The number of nitrogens with two attached hydrogens (primary N) is 1. The molecule has 3 atom stereocenters. The highest BCUT2D eigenvalue weighted by molar-refractivity contribution is 5.04. The van der Waals surface area contributed by atoms with Crippen molar-refractivity contribution in [1.82, 2.24) is 9.55 Å². The molecule has 0 amide bonds. The molecule has 0 spiro atoms. The van der Waals surface area contributed by atoms with Crippen molar-refractivity contribution < 1.29 is 0 Å². The number of nitrogens with zero attached hydrogens (tertiary/aromatic N) is 2. The second-order valence-corrected chi connectivity index (χ2v) is 4.23. The summed E-state index contributed by atoms with van der Waals surface area (Å²) in [5, 5.41) is 0. The van der Waals surface area contributed by atoms with Gasteiger partial charge in [-0.25, -0.2) is 4.98 Å². The predicted molar refractivity (Wildman–Crippen MR) is 52.1 cm³/mol. The number of rotatable bonds is 3. The zero-order valence-corrected chi connectivity index (χ0v) is 8.27. The third kappa shape index (κ3) is 1.75. The summed E-state index contributed by atoms with van der Waals surface area (Å²) in [7, 11) is 0. The molecule has 0 aromatic carbocycles. The Morgan fingerprint density at radius 3 is 3.00 bits per heavy atom. The summed E-state index contributed by atoms with van der Waals surface area (Å²) < 4.78 is 2.19. The summed E-state index contributed by atoms with van der Waals surface area (Å²) in [6.45, 7) is 5.40. The Balaban J connectivity index is 2.06. The number of imidazole rings is 1. The maximum Gasteiger partial charge on any atom is 0.0948 e. The molecular weight excluding hydrogens is 162 g/mol. The second-order valence-electron chi connectivity index (χ2n) is 4.23. The molecule has 3 heteroatoms. The lowest BCUT2D eigenvalue weighted by molar-refractivity contribution is 0.556. The number of hydrogen-bond donors (Lipinski definition) is 1. The molecule has 1 aliphatic carbocycles. The average molecular weight is 179 g/mol. The van der Waals surface area contributed by atoms with E-state index in [1.165, 1.54) is 6.42 Å². The van der Waals surface area contributed by atoms with E-state index >= 15 is 0 Å². The van der Waals surface area contributed by atoms with Crippen LogP contribution in [0.25, 0.3) is 0 Å². The smallest absolute Gasteiger partial charge is 0.0948 e. The summed E-state index contributed by atoms with van der Waals surface area (Å²) in [6, 6.07) is 0.0940. The Labute approximate surface area is 79.0 Å². The minimum Gasteiger partial charge on any atom is -0.333 e. The van der Waals surface area contributed by atoms with E-state index in [9.17, 15) is 0 Å². The lowest BCUT2D eigenvalue weighted by Crippen LogP contribution is -2.12. The van der Waals surface area contributed by atoms with Crippen molar-refractivity contribution in [2.24, 2.45) is 17.6 Å². The zero-order valence-electron chi connectivity index (χ0n) is 8.27. The van der Waals surface area contributed by atoms with Gasteiger partial charge >= 0.3 is 0 Å². The predicted octanol–water partition coefficient (Wildman–Crippen LogP) is 1.56. The Kier molecular flexibility index (Phi) is 2.12. The van der Waals surface area contributed by atoms with Gasteiger partial charge in [0.15, 0.2) is 0 Å². The summed E-state index contributed by atoms with van der Waals surface area (Å²) in [6.07, 6.45) is 5.12. The van der Waals surface area contributed by atoms with E-state index in [0.717, 1.165) is 24.1 Å². The highest BCUT2D eigenvalue weighted by atomic mass is 15.1. The maximum atomic E-state index is 5.83. The second kappa shape index (κ2) is 3.14. The van der Waals surface area contributed by atoms with Gasteiger partial charge in [-0.05, 0) is 25.2 Å². The Morgan fingerprint density at radius 1 is 1.77 bits per heavy atom. The fraction of sp³-hybridized carbons (Fsp3) is 0.700. The van der Waals surface area contributed by atoms with Gasteiger partial charge in [-0.1, -0.05) is 6.92 Å². The Hall–Kier alpha value is -0.830. The van der Waals surface area contributed by atoms with Crippen molar-refractivity contribution in [3.05, 3.63) is 18.2 Å². The molecule has 1 aliphatic rings. The number of hydrogen-bond acceptors (Lipinski definition) is 2. The summed E-state index contributed by atoms with van der Waals surface area (Å²) >= 11 is 0. The summed E-state index contributed by atoms with van der Waals surface area (Å²) in [5.74, 6) is 1.75.